The summed E-state index contributed by atoms with van der Waals surface area (Å²) in [6.07, 6.45) is 0.856. The molecule has 0 aliphatic carbocycles. The maximum atomic E-state index is 11.2. The van der Waals surface area contributed by atoms with E-state index in [-0.39, 0.29) is 12.0 Å². The Morgan fingerprint density at radius 1 is 1.56 bits per heavy atom. The Hall–Kier alpha value is -2.05. The molecule has 0 aromatic carbocycles. The highest BCUT2D eigenvalue weighted by Crippen LogP contribution is 2.34. The van der Waals surface area contributed by atoms with E-state index < -0.39 is 12.1 Å². The first-order valence-electron chi connectivity index (χ1n) is 5.79. The molecule has 0 spiro atoms. The Morgan fingerprint density at radius 3 is 2.72 bits per heavy atom. The third-order valence-electron chi connectivity index (χ3n) is 3.22. The summed E-state index contributed by atoms with van der Waals surface area (Å²) in [5.41, 5.74) is 6.61. The molecule has 7 nitrogen and oxygen atoms in total. The van der Waals surface area contributed by atoms with Gasteiger partial charge in [0.2, 0.25) is 0 Å². The lowest BCUT2D eigenvalue weighted by Crippen LogP contribution is -2.42. The average molecular weight is 252 g/mol. The van der Waals surface area contributed by atoms with Gasteiger partial charge in [0.05, 0.1) is 17.4 Å². The number of imidazole rings is 1. The minimum absolute atomic E-state index is 0.0800. The van der Waals surface area contributed by atoms with Crippen molar-refractivity contribution >= 4 is 12.1 Å². The van der Waals surface area contributed by atoms with Gasteiger partial charge in [0.15, 0.2) is 0 Å². The smallest absolute Gasteiger partial charge is 0.407 e. The Morgan fingerprint density at radius 2 is 2.22 bits per heavy atom. The lowest BCUT2D eigenvalue weighted by Gasteiger charge is -2.35. The highest BCUT2D eigenvalue weighted by atomic mass is 16.4. The fourth-order valence-electron chi connectivity index (χ4n) is 2.48. The number of nitrogens with zero attached hydrogens (tertiary/aromatic N) is 3. The van der Waals surface area contributed by atoms with Gasteiger partial charge < -0.3 is 10.8 Å². The van der Waals surface area contributed by atoms with Gasteiger partial charge >= 0.3 is 12.1 Å². The van der Waals surface area contributed by atoms with Gasteiger partial charge in [-0.05, 0) is 5.92 Å². The molecular weight excluding hydrogens is 236 g/mol. The molecule has 1 unspecified atom stereocenters. The summed E-state index contributed by atoms with van der Waals surface area (Å²) in [4.78, 5) is 28.0. The minimum Gasteiger partial charge on any atom is -0.465 e. The van der Waals surface area contributed by atoms with E-state index in [0.29, 0.717) is 18.7 Å². The number of carboxylic acid groups (broad SMARTS) is 1. The second-order valence-electron chi connectivity index (χ2n) is 4.70. The topological polar surface area (TPSA) is 101 Å². The van der Waals surface area contributed by atoms with Gasteiger partial charge in [-0.1, -0.05) is 13.8 Å². The van der Waals surface area contributed by atoms with E-state index in [9.17, 15) is 14.7 Å². The van der Waals surface area contributed by atoms with Crippen molar-refractivity contribution in [1.29, 1.82) is 0 Å². The fourth-order valence-corrected chi connectivity index (χ4v) is 2.48. The molecular formula is C11H16N4O3. The molecule has 98 valence electrons. The van der Waals surface area contributed by atoms with Crippen molar-refractivity contribution in [3.8, 4) is 0 Å². The highest BCUT2D eigenvalue weighted by Gasteiger charge is 2.36. The number of hydrogen-bond donors (Lipinski definition) is 2. The van der Waals surface area contributed by atoms with Crippen LogP contribution in [0.4, 0.5) is 9.59 Å². The monoisotopic (exact) mass is 252 g/mol. The maximum absolute atomic E-state index is 11.2. The Balaban J connectivity index is 2.48. The van der Waals surface area contributed by atoms with E-state index in [1.165, 1.54) is 15.8 Å². The third-order valence-corrected chi connectivity index (χ3v) is 3.22. The number of rotatable bonds is 1. The molecule has 1 aromatic heterocycles. The van der Waals surface area contributed by atoms with Crippen molar-refractivity contribution in [2.45, 2.75) is 26.3 Å². The lowest BCUT2D eigenvalue weighted by molar-refractivity contribution is 0.102. The Bertz CT molecular complexity index is 494. The molecule has 7 heteroatoms. The first-order chi connectivity index (χ1) is 8.43. The van der Waals surface area contributed by atoms with Gasteiger partial charge in [0.1, 0.15) is 6.33 Å². The van der Waals surface area contributed by atoms with Crippen LogP contribution in [-0.4, -0.2) is 38.2 Å². The lowest BCUT2D eigenvalue weighted by atomic mass is 9.93. The zero-order valence-corrected chi connectivity index (χ0v) is 10.3. The Labute approximate surface area is 104 Å². The second kappa shape index (κ2) is 4.32. The number of fused-ring (bicyclic) bond motifs is 1. The van der Waals surface area contributed by atoms with Gasteiger partial charge in [-0.3, -0.25) is 9.47 Å². The van der Waals surface area contributed by atoms with Crippen LogP contribution < -0.4 is 5.73 Å². The molecule has 2 rings (SSSR count). The molecule has 3 N–H and O–H groups in total. The fraction of sp³-hybridized carbons (Fsp3) is 0.545. The second-order valence-corrected chi connectivity index (χ2v) is 4.70. The largest absolute Gasteiger partial charge is 0.465 e. The number of amides is 2. The van der Waals surface area contributed by atoms with Gasteiger partial charge in [-0.15, -0.1) is 0 Å². The van der Waals surface area contributed by atoms with Crippen LogP contribution in [0, 0.1) is 5.92 Å². The van der Waals surface area contributed by atoms with Gasteiger partial charge in [0.25, 0.3) is 0 Å². The zero-order valence-electron chi connectivity index (χ0n) is 10.3. The van der Waals surface area contributed by atoms with Crippen LogP contribution in [0.2, 0.25) is 0 Å². The summed E-state index contributed by atoms with van der Waals surface area (Å²) in [6, 6.07) is -0.915. The predicted octanol–water partition coefficient (Wildman–Crippen LogP) is 1.04. The molecule has 1 aliphatic heterocycles. The first kappa shape index (κ1) is 12.4. The van der Waals surface area contributed by atoms with Gasteiger partial charge in [-0.25, -0.2) is 14.6 Å². The van der Waals surface area contributed by atoms with E-state index in [2.05, 4.69) is 4.98 Å². The van der Waals surface area contributed by atoms with Crippen LogP contribution in [0.1, 0.15) is 31.3 Å². The van der Waals surface area contributed by atoms with E-state index in [1.807, 2.05) is 13.8 Å². The molecule has 0 bridgehead atoms. The number of hydrogen-bond acceptors (Lipinski definition) is 3. The summed E-state index contributed by atoms with van der Waals surface area (Å²) in [5, 5.41) is 9.20. The number of aromatic nitrogens is 2. The van der Waals surface area contributed by atoms with Crippen molar-refractivity contribution in [3.63, 3.8) is 0 Å². The Kier molecular flexibility index (Phi) is 2.98. The maximum Gasteiger partial charge on any atom is 0.407 e. The molecule has 1 aromatic rings. The molecule has 0 saturated carbocycles. The number of carbonyl (C=O) groups excluding carboxylic acids is 1. The van der Waals surface area contributed by atoms with Crippen LogP contribution in [0.3, 0.4) is 0 Å². The normalized spacial score (nSPS) is 18.8. The van der Waals surface area contributed by atoms with Crippen LogP contribution in [0.15, 0.2) is 6.33 Å². The van der Waals surface area contributed by atoms with Gasteiger partial charge in [-0.2, -0.15) is 0 Å². The molecule has 1 aliphatic rings. The average Bonchev–Trinajstić information content (AvgIpc) is 2.70. The predicted molar refractivity (Wildman–Crippen MR) is 63.2 cm³/mol. The van der Waals surface area contributed by atoms with E-state index >= 15 is 0 Å². The van der Waals surface area contributed by atoms with Crippen LogP contribution in [0.25, 0.3) is 0 Å². The summed E-state index contributed by atoms with van der Waals surface area (Å²) in [7, 11) is 0. The molecule has 0 radical (unpaired) electrons. The number of carbonyl (C=O) groups is 2. The number of primary amides is 1. The van der Waals surface area contributed by atoms with Crippen LogP contribution >= 0.6 is 0 Å². The quantitative estimate of drug-likeness (QED) is 0.779. The van der Waals surface area contributed by atoms with Crippen LogP contribution in [0.5, 0.6) is 0 Å². The standard InChI is InChI=1S/C11H16N4O3/c1-6(2)9-8-7(3-4-14(9)11(17)18)15(5-13-8)10(12)16/h5-6,9H,3-4H2,1-2H3,(H2,12,16)(H,17,18). The molecule has 18 heavy (non-hydrogen) atoms. The van der Waals surface area contributed by atoms with E-state index in [0.717, 1.165) is 5.69 Å². The molecule has 0 fully saturated rings. The summed E-state index contributed by atoms with van der Waals surface area (Å²) >= 11 is 0. The summed E-state index contributed by atoms with van der Waals surface area (Å²) in [6.45, 7) is 4.21. The van der Waals surface area contributed by atoms with Crippen molar-refractivity contribution in [2.75, 3.05) is 6.54 Å². The highest BCUT2D eigenvalue weighted by molar-refractivity contribution is 5.76. The van der Waals surface area contributed by atoms with Crippen molar-refractivity contribution < 1.29 is 14.7 Å². The summed E-state index contributed by atoms with van der Waals surface area (Å²) in [5.74, 6) is 0.0800. The van der Waals surface area contributed by atoms with Crippen molar-refractivity contribution in [3.05, 3.63) is 17.7 Å². The van der Waals surface area contributed by atoms with E-state index in [4.69, 9.17) is 5.73 Å². The minimum atomic E-state index is -0.965. The molecule has 2 amide bonds. The van der Waals surface area contributed by atoms with Crippen LogP contribution in [-0.2, 0) is 6.42 Å². The summed E-state index contributed by atoms with van der Waals surface area (Å²) < 4.78 is 1.30. The first-order valence-corrected chi connectivity index (χ1v) is 5.79. The SMILES string of the molecule is CC(C)C1c2ncn(C(N)=O)c2CCN1C(=O)O. The third kappa shape index (κ3) is 1.81. The van der Waals surface area contributed by atoms with E-state index in [1.54, 1.807) is 0 Å². The van der Waals surface area contributed by atoms with Gasteiger partial charge in [0, 0.05) is 13.0 Å². The molecule has 1 atom stereocenters. The zero-order chi connectivity index (χ0) is 13.4. The number of nitrogens with two attached hydrogens (primary N) is 1. The molecule has 2 heterocycles. The van der Waals surface area contributed by atoms with Crippen molar-refractivity contribution in [2.24, 2.45) is 11.7 Å². The molecule has 0 saturated heterocycles. The van der Waals surface area contributed by atoms with Crippen molar-refractivity contribution in [1.82, 2.24) is 14.5 Å².